The monoisotopic (exact) mass is 284 g/mol. The lowest BCUT2D eigenvalue weighted by Gasteiger charge is -2.32. The molecule has 0 saturated carbocycles. The molecular weight excluding hydrogens is 260 g/mol. The second-order valence-electron chi connectivity index (χ2n) is 5.99. The number of carbonyl (C=O) groups is 2. The minimum Gasteiger partial charge on any atom is -0.479 e. The summed E-state index contributed by atoms with van der Waals surface area (Å²) in [5, 5.41) is 8.88. The molecule has 2 heterocycles. The number of likely N-dealkylation sites (tertiary alicyclic amines) is 1. The van der Waals surface area contributed by atoms with Gasteiger partial charge in [0.15, 0.2) is 6.10 Å². The quantitative estimate of drug-likeness (QED) is 0.810. The Bertz CT molecular complexity index is 366. The summed E-state index contributed by atoms with van der Waals surface area (Å²) in [6.07, 6.45) is 1.75. The van der Waals surface area contributed by atoms with E-state index in [-0.39, 0.29) is 5.91 Å². The van der Waals surface area contributed by atoms with Crippen molar-refractivity contribution in [2.45, 2.75) is 37.9 Å². The van der Waals surface area contributed by atoms with Crippen LogP contribution in [-0.4, -0.2) is 72.7 Å². The van der Waals surface area contributed by atoms with Gasteiger partial charge in [-0.15, -0.1) is 0 Å². The molecule has 2 atom stereocenters. The van der Waals surface area contributed by atoms with Gasteiger partial charge >= 0.3 is 5.97 Å². The molecule has 0 aromatic rings. The summed E-state index contributed by atoms with van der Waals surface area (Å²) < 4.78 is 5.31. The zero-order chi connectivity index (χ0) is 14.7. The number of rotatable bonds is 4. The van der Waals surface area contributed by atoms with Gasteiger partial charge in [0.1, 0.15) is 6.10 Å². The lowest BCUT2D eigenvalue weighted by molar-refractivity contribution is -0.154. The minimum atomic E-state index is -0.974. The number of aliphatic carboxylic acids is 1. The summed E-state index contributed by atoms with van der Waals surface area (Å²) >= 11 is 0. The number of hydrogen-bond acceptors (Lipinski definition) is 4. The Morgan fingerprint density at radius 2 is 1.80 bits per heavy atom. The topological polar surface area (TPSA) is 70.1 Å². The molecule has 1 amide bonds. The number of ether oxygens (including phenoxy) is 1. The van der Waals surface area contributed by atoms with Crippen molar-refractivity contribution in [3.05, 3.63) is 0 Å². The van der Waals surface area contributed by atoms with E-state index in [9.17, 15) is 9.59 Å². The van der Waals surface area contributed by atoms with Gasteiger partial charge in [-0.05, 0) is 51.7 Å². The summed E-state index contributed by atoms with van der Waals surface area (Å²) in [7, 11) is 3.90. The van der Waals surface area contributed by atoms with Gasteiger partial charge in [0, 0.05) is 13.6 Å². The van der Waals surface area contributed by atoms with Gasteiger partial charge in [-0.2, -0.15) is 0 Å². The smallest absolute Gasteiger partial charge is 0.332 e. The Labute approximate surface area is 119 Å². The highest BCUT2D eigenvalue weighted by Gasteiger charge is 2.36. The van der Waals surface area contributed by atoms with Crippen molar-refractivity contribution in [3.63, 3.8) is 0 Å². The third-order valence-corrected chi connectivity index (χ3v) is 4.32. The van der Waals surface area contributed by atoms with Crippen LogP contribution in [0, 0.1) is 5.92 Å². The Balaban J connectivity index is 1.79. The molecule has 2 fully saturated rings. The third-order valence-electron chi connectivity index (χ3n) is 4.32. The average molecular weight is 284 g/mol. The van der Waals surface area contributed by atoms with Crippen LogP contribution in [-0.2, 0) is 14.3 Å². The zero-order valence-electron chi connectivity index (χ0n) is 12.2. The van der Waals surface area contributed by atoms with Gasteiger partial charge in [-0.25, -0.2) is 4.79 Å². The standard InChI is InChI=1S/C14H24N2O4/c1-15-7-5-10(6-8-15)9-16(2)13(17)11-3-4-12(20-11)14(18)19/h10-12H,3-9H2,1-2H3,(H,18,19). The Kier molecular flexibility index (Phi) is 4.99. The number of carboxylic acids is 1. The second-order valence-corrected chi connectivity index (χ2v) is 5.99. The molecule has 2 saturated heterocycles. The molecule has 6 nitrogen and oxygen atoms in total. The maximum absolute atomic E-state index is 12.2. The number of carbonyl (C=O) groups excluding carboxylic acids is 1. The number of carboxylic acid groups (broad SMARTS) is 1. The van der Waals surface area contributed by atoms with Crippen LogP contribution >= 0.6 is 0 Å². The Hall–Kier alpha value is -1.14. The number of likely N-dealkylation sites (N-methyl/N-ethyl adjacent to an activating group) is 1. The lowest BCUT2D eigenvalue weighted by Crippen LogP contribution is -2.42. The average Bonchev–Trinajstić information content (AvgIpc) is 2.90. The van der Waals surface area contributed by atoms with Crippen molar-refractivity contribution in [2.75, 3.05) is 33.7 Å². The van der Waals surface area contributed by atoms with Crippen LogP contribution in [0.5, 0.6) is 0 Å². The second kappa shape index (κ2) is 6.54. The van der Waals surface area contributed by atoms with Crippen LogP contribution < -0.4 is 0 Å². The highest BCUT2D eigenvalue weighted by molar-refractivity contribution is 5.82. The van der Waals surface area contributed by atoms with E-state index in [0.29, 0.717) is 18.8 Å². The van der Waals surface area contributed by atoms with Crippen LogP contribution in [0.2, 0.25) is 0 Å². The van der Waals surface area contributed by atoms with E-state index in [0.717, 1.165) is 32.5 Å². The molecular formula is C14H24N2O4. The van der Waals surface area contributed by atoms with Crippen molar-refractivity contribution in [1.82, 2.24) is 9.80 Å². The number of hydrogen-bond donors (Lipinski definition) is 1. The molecule has 0 aromatic carbocycles. The first-order chi connectivity index (χ1) is 9.47. The summed E-state index contributed by atoms with van der Waals surface area (Å²) in [6.45, 7) is 2.89. The van der Waals surface area contributed by atoms with Gasteiger partial charge in [0.25, 0.3) is 5.91 Å². The molecule has 0 bridgehead atoms. The lowest BCUT2D eigenvalue weighted by atomic mass is 9.96. The van der Waals surface area contributed by atoms with Crippen molar-refractivity contribution >= 4 is 11.9 Å². The van der Waals surface area contributed by atoms with E-state index in [1.807, 2.05) is 0 Å². The fourth-order valence-electron chi connectivity index (χ4n) is 2.97. The molecule has 6 heteroatoms. The maximum atomic E-state index is 12.2. The Morgan fingerprint density at radius 1 is 1.20 bits per heavy atom. The maximum Gasteiger partial charge on any atom is 0.332 e. The molecule has 0 aromatic heterocycles. The van der Waals surface area contributed by atoms with E-state index >= 15 is 0 Å². The van der Waals surface area contributed by atoms with Crippen molar-refractivity contribution in [1.29, 1.82) is 0 Å². The van der Waals surface area contributed by atoms with Crippen molar-refractivity contribution in [3.8, 4) is 0 Å². The molecule has 1 N–H and O–H groups in total. The summed E-state index contributed by atoms with van der Waals surface area (Å²) in [4.78, 5) is 27.1. The van der Waals surface area contributed by atoms with Gasteiger partial charge in [0.2, 0.25) is 0 Å². The van der Waals surface area contributed by atoms with Crippen LogP contribution in [0.4, 0.5) is 0 Å². The van der Waals surface area contributed by atoms with E-state index in [2.05, 4.69) is 11.9 Å². The predicted molar refractivity (Wildman–Crippen MR) is 73.4 cm³/mol. The molecule has 2 unspecified atom stereocenters. The molecule has 20 heavy (non-hydrogen) atoms. The zero-order valence-corrected chi connectivity index (χ0v) is 12.2. The molecule has 114 valence electrons. The fourth-order valence-corrected chi connectivity index (χ4v) is 2.97. The van der Waals surface area contributed by atoms with E-state index < -0.39 is 18.2 Å². The molecule has 2 rings (SSSR count). The Morgan fingerprint density at radius 3 is 2.35 bits per heavy atom. The molecule has 0 aliphatic carbocycles. The fraction of sp³-hybridized carbons (Fsp3) is 0.857. The summed E-state index contributed by atoms with van der Waals surface area (Å²) in [5.74, 6) is -0.511. The molecule has 2 aliphatic heterocycles. The third kappa shape index (κ3) is 3.70. The van der Waals surface area contributed by atoms with Crippen molar-refractivity contribution < 1.29 is 19.4 Å². The summed E-state index contributed by atoms with van der Waals surface area (Å²) in [6, 6.07) is 0. The molecule has 2 aliphatic rings. The van der Waals surface area contributed by atoms with Crippen LogP contribution in [0.25, 0.3) is 0 Å². The molecule has 0 spiro atoms. The van der Waals surface area contributed by atoms with Gasteiger partial charge in [-0.1, -0.05) is 0 Å². The first kappa shape index (κ1) is 15.3. The van der Waals surface area contributed by atoms with Crippen LogP contribution in [0.1, 0.15) is 25.7 Å². The largest absolute Gasteiger partial charge is 0.479 e. The normalized spacial score (nSPS) is 28.5. The first-order valence-electron chi connectivity index (χ1n) is 7.29. The highest BCUT2D eigenvalue weighted by atomic mass is 16.5. The number of piperidine rings is 1. The minimum absolute atomic E-state index is 0.0762. The van der Waals surface area contributed by atoms with Crippen LogP contribution in [0.3, 0.4) is 0 Å². The number of nitrogens with zero attached hydrogens (tertiary/aromatic N) is 2. The summed E-state index contributed by atoms with van der Waals surface area (Å²) in [5.41, 5.74) is 0. The van der Waals surface area contributed by atoms with E-state index in [4.69, 9.17) is 9.84 Å². The highest BCUT2D eigenvalue weighted by Crippen LogP contribution is 2.23. The van der Waals surface area contributed by atoms with Crippen LogP contribution in [0.15, 0.2) is 0 Å². The first-order valence-corrected chi connectivity index (χ1v) is 7.29. The van der Waals surface area contributed by atoms with Crippen molar-refractivity contribution in [2.24, 2.45) is 5.92 Å². The SMILES string of the molecule is CN1CCC(CN(C)C(=O)C2CCC(C(=O)O)O2)CC1. The van der Waals surface area contributed by atoms with E-state index in [1.54, 1.807) is 11.9 Å². The molecule has 0 radical (unpaired) electrons. The van der Waals surface area contributed by atoms with Gasteiger partial charge in [-0.3, -0.25) is 4.79 Å². The van der Waals surface area contributed by atoms with Gasteiger partial charge < -0.3 is 19.6 Å². The van der Waals surface area contributed by atoms with E-state index in [1.165, 1.54) is 0 Å². The predicted octanol–water partition coefficient (Wildman–Crippen LogP) is 0.419. The van der Waals surface area contributed by atoms with Gasteiger partial charge in [0.05, 0.1) is 0 Å². The number of amides is 1.